The summed E-state index contributed by atoms with van der Waals surface area (Å²) in [6.45, 7) is 6.38. The molecule has 0 aliphatic carbocycles. The molecule has 1 aromatic carbocycles. The summed E-state index contributed by atoms with van der Waals surface area (Å²) in [5.41, 5.74) is 2.75. The maximum atomic E-state index is 12.0. The Kier molecular flexibility index (Phi) is 4.93. The molecule has 1 heterocycles. The number of nitrogens with zero attached hydrogens (tertiary/aromatic N) is 1. The zero-order valence-corrected chi connectivity index (χ0v) is 12.6. The maximum absolute atomic E-state index is 12.0. The van der Waals surface area contributed by atoms with Crippen molar-refractivity contribution in [2.24, 2.45) is 0 Å². The lowest BCUT2D eigenvalue weighted by molar-refractivity contribution is 0.0926. The Labute approximate surface area is 125 Å². The van der Waals surface area contributed by atoms with E-state index in [2.05, 4.69) is 10.3 Å². The van der Waals surface area contributed by atoms with Crippen molar-refractivity contribution in [3.63, 3.8) is 0 Å². The summed E-state index contributed by atoms with van der Waals surface area (Å²) in [5.74, 6) is 0.751. The second kappa shape index (κ2) is 6.88. The molecule has 0 fully saturated rings. The fourth-order valence-electron chi connectivity index (χ4n) is 2.08. The van der Waals surface area contributed by atoms with Gasteiger partial charge in [0.05, 0.1) is 11.6 Å². The van der Waals surface area contributed by atoms with E-state index in [0.717, 1.165) is 16.9 Å². The molecule has 0 radical (unpaired) electrons. The summed E-state index contributed by atoms with van der Waals surface area (Å²) >= 11 is 0. The summed E-state index contributed by atoms with van der Waals surface area (Å²) < 4.78 is 5.84. The molecule has 2 rings (SSSR count). The monoisotopic (exact) mass is 284 g/mol. The quantitative estimate of drug-likeness (QED) is 0.918. The van der Waals surface area contributed by atoms with E-state index < -0.39 is 0 Å². The third-order valence-corrected chi connectivity index (χ3v) is 3.19. The summed E-state index contributed by atoms with van der Waals surface area (Å²) in [4.78, 5) is 15.9. The molecule has 1 unspecified atom stereocenters. The first-order chi connectivity index (χ1) is 10.1. The van der Waals surface area contributed by atoms with Gasteiger partial charge in [0.2, 0.25) is 0 Å². The van der Waals surface area contributed by atoms with Crippen molar-refractivity contribution in [1.29, 1.82) is 0 Å². The van der Waals surface area contributed by atoms with Crippen LogP contribution in [0.2, 0.25) is 0 Å². The Balaban J connectivity index is 1.91. The Bertz CT molecular complexity index is 591. The molecule has 0 saturated heterocycles. The van der Waals surface area contributed by atoms with E-state index in [1.54, 1.807) is 24.5 Å². The van der Waals surface area contributed by atoms with Gasteiger partial charge in [-0.15, -0.1) is 0 Å². The minimum Gasteiger partial charge on any atom is -0.491 e. The van der Waals surface area contributed by atoms with E-state index in [1.165, 1.54) is 0 Å². The zero-order valence-electron chi connectivity index (χ0n) is 12.6. The third kappa shape index (κ3) is 4.05. The van der Waals surface area contributed by atoms with Crippen LogP contribution in [0.3, 0.4) is 0 Å². The van der Waals surface area contributed by atoms with Gasteiger partial charge in [0.15, 0.2) is 0 Å². The number of pyridine rings is 1. The molecule has 4 heteroatoms. The van der Waals surface area contributed by atoms with Gasteiger partial charge in [0.1, 0.15) is 12.4 Å². The van der Waals surface area contributed by atoms with E-state index in [4.69, 9.17) is 4.74 Å². The molecule has 0 aliphatic heterocycles. The molecule has 2 aromatic rings. The number of benzene rings is 1. The normalized spacial score (nSPS) is 11.8. The number of amides is 1. The highest BCUT2D eigenvalue weighted by atomic mass is 16.5. The summed E-state index contributed by atoms with van der Waals surface area (Å²) in [5, 5.41) is 2.90. The van der Waals surface area contributed by atoms with Gasteiger partial charge in [-0.3, -0.25) is 9.78 Å². The number of carbonyl (C=O) groups is 1. The minimum atomic E-state index is -0.138. The third-order valence-electron chi connectivity index (χ3n) is 3.19. The van der Waals surface area contributed by atoms with Crippen LogP contribution in [0.15, 0.2) is 42.7 Å². The van der Waals surface area contributed by atoms with Gasteiger partial charge in [-0.1, -0.05) is 18.2 Å². The highest BCUT2D eigenvalue weighted by molar-refractivity contribution is 5.93. The molecular weight excluding hydrogens is 264 g/mol. The first-order valence-electron chi connectivity index (χ1n) is 6.98. The number of hydrogen-bond donors (Lipinski definition) is 1. The van der Waals surface area contributed by atoms with Crippen LogP contribution in [-0.4, -0.2) is 23.5 Å². The lowest BCUT2D eigenvalue weighted by atomic mass is 10.1. The highest BCUT2D eigenvalue weighted by Crippen LogP contribution is 2.22. The van der Waals surface area contributed by atoms with Gasteiger partial charge in [0, 0.05) is 12.4 Å². The number of ether oxygens (including phenoxy) is 1. The van der Waals surface area contributed by atoms with E-state index >= 15 is 0 Å². The molecule has 4 nitrogen and oxygen atoms in total. The number of nitrogens with one attached hydrogen (secondary N) is 1. The van der Waals surface area contributed by atoms with Crippen molar-refractivity contribution in [2.45, 2.75) is 26.8 Å². The molecule has 1 atom stereocenters. The number of hydrogen-bond acceptors (Lipinski definition) is 3. The number of aromatic nitrogens is 1. The average molecular weight is 284 g/mol. The number of aryl methyl sites for hydroxylation is 2. The van der Waals surface area contributed by atoms with Crippen LogP contribution in [0.1, 0.15) is 28.4 Å². The van der Waals surface area contributed by atoms with E-state index in [0.29, 0.717) is 12.2 Å². The first-order valence-corrected chi connectivity index (χ1v) is 6.98. The fraction of sp³-hybridized carbons (Fsp3) is 0.294. The maximum Gasteiger partial charge on any atom is 0.253 e. The zero-order chi connectivity index (χ0) is 15.2. The predicted octanol–water partition coefficient (Wildman–Crippen LogP) is 2.90. The fourth-order valence-corrected chi connectivity index (χ4v) is 2.08. The van der Waals surface area contributed by atoms with Gasteiger partial charge in [-0.25, -0.2) is 0 Å². The van der Waals surface area contributed by atoms with Crippen molar-refractivity contribution in [3.8, 4) is 5.75 Å². The Morgan fingerprint density at radius 2 is 1.95 bits per heavy atom. The molecule has 21 heavy (non-hydrogen) atoms. The summed E-state index contributed by atoms with van der Waals surface area (Å²) in [6, 6.07) is 9.43. The van der Waals surface area contributed by atoms with Crippen molar-refractivity contribution < 1.29 is 9.53 Å². The molecule has 1 N–H and O–H groups in total. The van der Waals surface area contributed by atoms with Gasteiger partial charge < -0.3 is 10.1 Å². The molecule has 110 valence electrons. The number of rotatable bonds is 5. The van der Waals surface area contributed by atoms with Crippen molar-refractivity contribution in [3.05, 3.63) is 59.4 Å². The van der Waals surface area contributed by atoms with Crippen molar-refractivity contribution in [2.75, 3.05) is 6.61 Å². The second-order valence-electron chi connectivity index (χ2n) is 5.15. The van der Waals surface area contributed by atoms with Crippen LogP contribution in [0.4, 0.5) is 0 Å². The number of para-hydroxylation sites is 1. The average Bonchev–Trinajstić information content (AvgIpc) is 2.47. The Hall–Kier alpha value is -2.36. The predicted molar refractivity (Wildman–Crippen MR) is 82.6 cm³/mol. The molecule has 0 aliphatic rings. The Morgan fingerprint density at radius 3 is 2.57 bits per heavy atom. The van der Waals surface area contributed by atoms with E-state index in [1.807, 2.05) is 39.0 Å². The molecule has 1 aromatic heterocycles. The lowest BCUT2D eigenvalue weighted by Crippen LogP contribution is -2.36. The first kappa shape index (κ1) is 15.0. The van der Waals surface area contributed by atoms with Crippen LogP contribution < -0.4 is 10.1 Å². The second-order valence-corrected chi connectivity index (χ2v) is 5.15. The minimum absolute atomic E-state index is 0.0864. The summed E-state index contributed by atoms with van der Waals surface area (Å²) in [6.07, 6.45) is 3.19. The van der Waals surface area contributed by atoms with Gasteiger partial charge in [0.25, 0.3) is 5.91 Å². The van der Waals surface area contributed by atoms with Gasteiger partial charge in [-0.05, 0) is 44.0 Å². The molecule has 1 amide bonds. The topological polar surface area (TPSA) is 51.2 Å². The van der Waals surface area contributed by atoms with Crippen LogP contribution in [-0.2, 0) is 0 Å². The lowest BCUT2D eigenvalue weighted by Gasteiger charge is -2.17. The van der Waals surface area contributed by atoms with Crippen molar-refractivity contribution in [1.82, 2.24) is 10.3 Å². The highest BCUT2D eigenvalue weighted by Gasteiger charge is 2.11. The molecule has 0 spiro atoms. The van der Waals surface area contributed by atoms with Crippen LogP contribution in [0.25, 0.3) is 0 Å². The van der Waals surface area contributed by atoms with Gasteiger partial charge in [-0.2, -0.15) is 0 Å². The van der Waals surface area contributed by atoms with Gasteiger partial charge >= 0.3 is 0 Å². The van der Waals surface area contributed by atoms with Crippen LogP contribution >= 0.6 is 0 Å². The van der Waals surface area contributed by atoms with E-state index in [9.17, 15) is 4.79 Å². The largest absolute Gasteiger partial charge is 0.491 e. The van der Waals surface area contributed by atoms with E-state index in [-0.39, 0.29) is 11.9 Å². The number of carbonyl (C=O) groups excluding carboxylic acids is 1. The SMILES string of the molecule is Cc1cccc(C)c1OCC(C)NC(=O)c1cccnc1. The standard InChI is InChI=1S/C17H20N2O2/c1-12-6-4-7-13(2)16(12)21-11-14(3)19-17(20)15-8-5-9-18-10-15/h4-10,14H,11H2,1-3H3,(H,19,20). The smallest absolute Gasteiger partial charge is 0.253 e. The summed E-state index contributed by atoms with van der Waals surface area (Å²) in [7, 11) is 0. The Morgan fingerprint density at radius 1 is 1.24 bits per heavy atom. The molecular formula is C17H20N2O2. The van der Waals surface area contributed by atoms with Crippen molar-refractivity contribution >= 4 is 5.91 Å². The van der Waals surface area contributed by atoms with Crippen LogP contribution in [0, 0.1) is 13.8 Å². The van der Waals surface area contributed by atoms with Crippen LogP contribution in [0.5, 0.6) is 5.75 Å². The molecule has 0 bridgehead atoms. The molecule has 0 saturated carbocycles.